The molecule has 0 fully saturated rings. The van der Waals surface area contributed by atoms with E-state index in [-0.39, 0.29) is 0 Å². The first kappa shape index (κ1) is 20.3. The molecular formula is C36H23N. The summed E-state index contributed by atoms with van der Waals surface area (Å²) < 4.78 is 2.47. The zero-order valence-electron chi connectivity index (χ0n) is 20.2. The first-order chi connectivity index (χ1) is 18.3. The van der Waals surface area contributed by atoms with Crippen LogP contribution >= 0.6 is 0 Å². The van der Waals surface area contributed by atoms with Gasteiger partial charge in [-0.1, -0.05) is 109 Å². The lowest BCUT2D eigenvalue weighted by Gasteiger charge is -2.12. The molecule has 1 aliphatic carbocycles. The molecular weight excluding hydrogens is 446 g/mol. The van der Waals surface area contributed by atoms with E-state index in [1.165, 1.54) is 71.3 Å². The minimum atomic E-state index is 1.22. The van der Waals surface area contributed by atoms with Crippen LogP contribution < -0.4 is 0 Å². The lowest BCUT2D eigenvalue weighted by atomic mass is 9.99. The molecule has 8 rings (SSSR count). The fourth-order valence-corrected chi connectivity index (χ4v) is 6.02. The normalized spacial score (nSPS) is 13.9. The van der Waals surface area contributed by atoms with Gasteiger partial charge < -0.3 is 4.57 Å². The predicted molar refractivity (Wildman–Crippen MR) is 159 cm³/mol. The van der Waals surface area contributed by atoms with Crippen molar-refractivity contribution in [3.05, 3.63) is 144 Å². The molecule has 0 aliphatic heterocycles. The second-order valence-corrected chi connectivity index (χ2v) is 9.81. The smallest absolute Gasteiger partial charge is 0.0548 e. The van der Waals surface area contributed by atoms with Gasteiger partial charge in [0.05, 0.1) is 16.7 Å². The standard InChI is InChI=1S/C36H23N/c1-2-9-24(10-3-1)21-27-17-18-28-22-32-35(23-31(27)28)37(33-16-8-13-25-11-4-6-14-29(25)33)34-20-19-26-12-5-7-15-30(26)36(32)34/h1-23H. The van der Waals surface area contributed by atoms with E-state index in [2.05, 4.69) is 144 Å². The van der Waals surface area contributed by atoms with Crippen molar-refractivity contribution in [3.8, 4) is 5.69 Å². The fourth-order valence-electron chi connectivity index (χ4n) is 6.02. The van der Waals surface area contributed by atoms with Crippen LogP contribution in [0.5, 0.6) is 0 Å². The van der Waals surface area contributed by atoms with E-state index in [0.717, 1.165) is 0 Å². The Kier molecular flexibility index (Phi) is 4.29. The van der Waals surface area contributed by atoms with Crippen LogP contribution in [0, 0.1) is 0 Å². The molecule has 172 valence electrons. The van der Waals surface area contributed by atoms with Crippen LogP contribution in [-0.2, 0) is 0 Å². The van der Waals surface area contributed by atoms with Gasteiger partial charge in [-0.05, 0) is 68.8 Å². The molecule has 0 spiro atoms. The van der Waals surface area contributed by atoms with E-state index in [1.807, 2.05) is 0 Å². The van der Waals surface area contributed by atoms with Gasteiger partial charge in [-0.3, -0.25) is 0 Å². The minimum Gasteiger partial charge on any atom is -0.309 e. The maximum Gasteiger partial charge on any atom is 0.0548 e. The fraction of sp³-hybridized carbons (Fsp3) is 0. The van der Waals surface area contributed by atoms with Gasteiger partial charge >= 0.3 is 0 Å². The average Bonchev–Trinajstić information content (AvgIpc) is 3.50. The Bertz CT molecular complexity index is 2060. The van der Waals surface area contributed by atoms with Crippen LogP contribution in [0.3, 0.4) is 0 Å². The molecule has 0 N–H and O–H groups in total. The molecule has 0 atom stereocenters. The molecule has 0 saturated heterocycles. The number of nitrogens with zero attached hydrogens (tertiary/aromatic N) is 1. The Balaban J connectivity index is 1.51. The Hall–Kier alpha value is -4.88. The van der Waals surface area contributed by atoms with Crippen LogP contribution in [0.25, 0.3) is 66.8 Å². The Morgan fingerprint density at radius 3 is 2.11 bits per heavy atom. The maximum atomic E-state index is 2.47. The molecule has 0 saturated carbocycles. The summed E-state index contributed by atoms with van der Waals surface area (Å²) in [5, 5.41) is 7.69. The molecule has 37 heavy (non-hydrogen) atoms. The highest BCUT2D eigenvalue weighted by molar-refractivity contribution is 6.23. The van der Waals surface area contributed by atoms with Crippen molar-refractivity contribution in [3.63, 3.8) is 0 Å². The molecule has 1 heteroatoms. The molecule has 0 bridgehead atoms. The number of hydrogen-bond acceptors (Lipinski definition) is 0. The third-order valence-electron chi connectivity index (χ3n) is 7.71. The van der Waals surface area contributed by atoms with Crippen molar-refractivity contribution in [2.45, 2.75) is 0 Å². The molecule has 0 unspecified atom stereocenters. The first-order valence-corrected chi connectivity index (χ1v) is 12.8. The van der Waals surface area contributed by atoms with E-state index in [1.54, 1.807) is 0 Å². The SMILES string of the molecule is C1=Cc2cc3c4c5ccccc5ccc4n(-c4cccc5ccccc45)c3cc2C1=Cc1ccccc1. The highest BCUT2D eigenvalue weighted by Gasteiger charge is 2.20. The van der Waals surface area contributed by atoms with Crippen molar-refractivity contribution in [1.82, 2.24) is 4.57 Å². The van der Waals surface area contributed by atoms with E-state index in [9.17, 15) is 0 Å². The number of allylic oxidation sites excluding steroid dienone is 2. The summed E-state index contributed by atoms with van der Waals surface area (Å²) in [6.07, 6.45) is 6.79. The highest BCUT2D eigenvalue weighted by atomic mass is 15.0. The molecule has 6 aromatic carbocycles. The van der Waals surface area contributed by atoms with E-state index < -0.39 is 0 Å². The average molecular weight is 470 g/mol. The predicted octanol–water partition coefficient (Wildman–Crippen LogP) is 9.66. The Morgan fingerprint density at radius 1 is 0.514 bits per heavy atom. The Labute approximate surface area is 215 Å². The quantitative estimate of drug-likeness (QED) is 0.237. The summed E-state index contributed by atoms with van der Waals surface area (Å²) in [6.45, 7) is 0. The van der Waals surface area contributed by atoms with Crippen molar-refractivity contribution < 1.29 is 0 Å². The van der Waals surface area contributed by atoms with E-state index in [4.69, 9.17) is 0 Å². The lowest BCUT2D eigenvalue weighted by molar-refractivity contribution is 1.20. The summed E-state index contributed by atoms with van der Waals surface area (Å²) in [5.41, 5.74) is 8.73. The number of benzene rings is 6. The third-order valence-corrected chi connectivity index (χ3v) is 7.71. The van der Waals surface area contributed by atoms with Crippen molar-refractivity contribution in [2.24, 2.45) is 0 Å². The zero-order chi connectivity index (χ0) is 24.3. The number of hydrogen-bond donors (Lipinski definition) is 0. The van der Waals surface area contributed by atoms with Gasteiger partial charge in [0.1, 0.15) is 0 Å². The summed E-state index contributed by atoms with van der Waals surface area (Å²) in [4.78, 5) is 0. The zero-order valence-corrected chi connectivity index (χ0v) is 20.2. The van der Waals surface area contributed by atoms with Crippen LogP contribution in [0.1, 0.15) is 16.7 Å². The second-order valence-electron chi connectivity index (χ2n) is 9.81. The molecule has 1 aromatic heterocycles. The molecule has 1 heterocycles. The molecule has 0 amide bonds. The van der Waals surface area contributed by atoms with Gasteiger partial charge in [0.15, 0.2) is 0 Å². The van der Waals surface area contributed by atoms with Crippen molar-refractivity contribution in [2.75, 3.05) is 0 Å². The van der Waals surface area contributed by atoms with Gasteiger partial charge in [-0.25, -0.2) is 0 Å². The largest absolute Gasteiger partial charge is 0.309 e. The van der Waals surface area contributed by atoms with Crippen LogP contribution in [0.4, 0.5) is 0 Å². The van der Waals surface area contributed by atoms with E-state index in [0.29, 0.717) is 0 Å². The molecule has 1 nitrogen and oxygen atoms in total. The van der Waals surface area contributed by atoms with Gasteiger partial charge in [0.25, 0.3) is 0 Å². The topological polar surface area (TPSA) is 4.93 Å². The maximum absolute atomic E-state index is 2.47. The van der Waals surface area contributed by atoms with Crippen LogP contribution in [0.15, 0.2) is 127 Å². The van der Waals surface area contributed by atoms with Crippen LogP contribution in [-0.4, -0.2) is 4.57 Å². The Morgan fingerprint density at radius 2 is 1.24 bits per heavy atom. The second kappa shape index (κ2) is 7.81. The summed E-state index contributed by atoms with van der Waals surface area (Å²) >= 11 is 0. The van der Waals surface area contributed by atoms with Gasteiger partial charge in [-0.2, -0.15) is 0 Å². The van der Waals surface area contributed by atoms with Gasteiger partial charge in [0.2, 0.25) is 0 Å². The molecule has 0 radical (unpaired) electrons. The lowest BCUT2D eigenvalue weighted by Crippen LogP contribution is -1.96. The number of fused-ring (bicyclic) bond motifs is 7. The summed E-state index contributed by atoms with van der Waals surface area (Å²) in [7, 11) is 0. The third kappa shape index (κ3) is 3.04. The minimum absolute atomic E-state index is 1.22. The van der Waals surface area contributed by atoms with Crippen molar-refractivity contribution in [1.29, 1.82) is 0 Å². The van der Waals surface area contributed by atoms with Gasteiger partial charge in [0, 0.05) is 16.2 Å². The van der Waals surface area contributed by atoms with Crippen LogP contribution in [0.2, 0.25) is 0 Å². The number of rotatable bonds is 2. The first-order valence-electron chi connectivity index (χ1n) is 12.8. The van der Waals surface area contributed by atoms with Crippen molar-refractivity contribution >= 4 is 61.1 Å². The highest BCUT2D eigenvalue weighted by Crippen LogP contribution is 2.42. The monoisotopic (exact) mass is 469 g/mol. The van der Waals surface area contributed by atoms with Gasteiger partial charge in [-0.15, -0.1) is 0 Å². The summed E-state index contributed by atoms with van der Waals surface area (Å²) in [6, 6.07) is 44.0. The van der Waals surface area contributed by atoms with E-state index >= 15 is 0 Å². The molecule has 7 aromatic rings. The summed E-state index contributed by atoms with van der Waals surface area (Å²) in [5.74, 6) is 0. The molecule has 1 aliphatic rings. The number of aromatic nitrogens is 1.